The minimum atomic E-state index is -0.724. The minimum Gasteiger partial charge on any atom is -0.497 e. The average Bonchev–Trinajstić information content (AvgIpc) is 2.82. The number of anilines is 2. The fourth-order valence-electron chi connectivity index (χ4n) is 3.46. The monoisotopic (exact) mass is 418 g/mol. The molecule has 0 aromatic heterocycles. The standard InChI is InChI=1S/C25H26N2O4/c1-26(2)19-10-8-18(9-11-19)16-27(20-12-14-21(29-3)15-13-20)25(28)24-17-30-22-6-4-5-7-23(22)31-24/h4-15,24H,16-17H2,1-3H3/t24-/m0/s1. The Kier molecular flexibility index (Phi) is 5.98. The molecule has 1 amide bonds. The molecule has 0 spiro atoms. The van der Waals surface area contributed by atoms with E-state index in [0.717, 1.165) is 22.7 Å². The summed E-state index contributed by atoms with van der Waals surface area (Å²) in [4.78, 5) is 17.3. The van der Waals surface area contributed by atoms with Crippen LogP contribution in [0.3, 0.4) is 0 Å². The molecule has 1 aliphatic heterocycles. The molecule has 6 nitrogen and oxygen atoms in total. The first-order valence-electron chi connectivity index (χ1n) is 10.2. The van der Waals surface area contributed by atoms with Crippen LogP contribution < -0.4 is 24.0 Å². The molecular formula is C25H26N2O4. The summed E-state index contributed by atoms with van der Waals surface area (Å²) in [6.07, 6.45) is -0.724. The Balaban J connectivity index is 1.60. The van der Waals surface area contributed by atoms with Crippen LogP contribution in [0.1, 0.15) is 5.56 Å². The van der Waals surface area contributed by atoms with Gasteiger partial charge in [0.25, 0.3) is 5.91 Å². The van der Waals surface area contributed by atoms with Crippen molar-refractivity contribution in [1.82, 2.24) is 0 Å². The quantitative estimate of drug-likeness (QED) is 0.602. The number of hydrogen-bond acceptors (Lipinski definition) is 5. The Morgan fingerprint density at radius 2 is 1.58 bits per heavy atom. The molecule has 1 aliphatic rings. The highest BCUT2D eigenvalue weighted by atomic mass is 16.6. The molecule has 0 aliphatic carbocycles. The van der Waals surface area contributed by atoms with Gasteiger partial charge in [0.05, 0.1) is 13.7 Å². The molecule has 4 rings (SSSR count). The lowest BCUT2D eigenvalue weighted by Gasteiger charge is -2.31. The SMILES string of the molecule is COc1ccc(N(Cc2ccc(N(C)C)cc2)C(=O)[C@@H]2COc3ccccc3O2)cc1. The highest BCUT2D eigenvalue weighted by molar-refractivity contribution is 5.97. The van der Waals surface area contributed by atoms with Crippen molar-refractivity contribution in [2.24, 2.45) is 0 Å². The van der Waals surface area contributed by atoms with Gasteiger partial charge in [0, 0.05) is 25.5 Å². The van der Waals surface area contributed by atoms with E-state index >= 15 is 0 Å². The number of methoxy groups -OCH3 is 1. The predicted octanol–water partition coefficient (Wildman–Crippen LogP) is 4.13. The number of carbonyl (C=O) groups excluding carboxylic acids is 1. The normalized spacial score (nSPS) is 14.6. The first kappa shape index (κ1) is 20.6. The summed E-state index contributed by atoms with van der Waals surface area (Å²) in [5.74, 6) is 1.81. The Morgan fingerprint density at radius 1 is 0.935 bits per heavy atom. The lowest BCUT2D eigenvalue weighted by Crippen LogP contribution is -2.46. The van der Waals surface area contributed by atoms with Crippen molar-refractivity contribution < 1.29 is 19.0 Å². The molecule has 6 heteroatoms. The molecule has 0 saturated heterocycles. The zero-order valence-corrected chi connectivity index (χ0v) is 17.9. The molecule has 31 heavy (non-hydrogen) atoms. The van der Waals surface area contributed by atoms with Crippen LogP contribution in [0.5, 0.6) is 17.2 Å². The number of amides is 1. The van der Waals surface area contributed by atoms with Crippen LogP contribution in [-0.4, -0.2) is 39.8 Å². The van der Waals surface area contributed by atoms with E-state index in [-0.39, 0.29) is 12.5 Å². The second-order valence-corrected chi connectivity index (χ2v) is 7.55. The highest BCUT2D eigenvalue weighted by Crippen LogP contribution is 2.32. The number of carbonyl (C=O) groups is 1. The average molecular weight is 418 g/mol. The molecule has 0 N–H and O–H groups in total. The molecule has 3 aromatic carbocycles. The van der Waals surface area contributed by atoms with E-state index < -0.39 is 6.10 Å². The number of nitrogens with zero attached hydrogens (tertiary/aromatic N) is 2. The summed E-state index contributed by atoms with van der Waals surface area (Å²) >= 11 is 0. The van der Waals surface area contributed by atoms with Gasteiger partial charge in [-0.05, 0) is 54.1 Å². The van der Waals surface area contributed by atoms with Crippen molar-refractivity contribution in [2.75, 3.05) is 37.6 Å². The fourth-order valence-corrected chi connectivity index (χ4v) is 3.46. The summed E-state index contributed by atoms with van der Waals surface area (Å²) < 4.78 is 17.0. The van der Waals surface area contributed by atoms with Gasteiger partial charge in [0.1, 0.15) is 12.4 Å². The molecule has 0 fully saturated rings. The van der Waals surface area contributed by atoms with E-state index in [4.69, 9.17) is 14.2 Å². The first-order valence-corrected chi connectivity index (χ1v) is 10.2. The van der Waals surface area contributed by atoms with Crippen LogP contribution in [0.15, 0.2) is 72.8 Å². The Morgan fingerprint density at radius 3 is 2.23 bits per heavy atom. The Labute approximate surface area is 182 Å². The lowest BCUT2D eigenvalue weighted by molar-refractivity contribution is -0.127. The summed E-state index contributed by atoms with van der Waals surface area (Å²) in [5.41, 5.74) is 2.89. The van der Waals surface area contributed by atoms with Crippen molar-refractivity contribution >= 4 is 17.3 Å². The zero-order chi connectivity index (χ0) is 21.8. The van der Waals surface area contributed by atoms with E-state index in [1.54, 1.807) is 12.0 Å². The molecule has 160 valence electrons. The summed E-state index contributed by atoms with van der Waals surface area (Å²) in [5, 5.41) is 0. The molecule has 1 atom stereocenters. The van der Waals surface area contributed by atoms with Gasteiger partial charge in [-0.15, -0.1) is 0 Å². The summed E-state index contributed by atoms with van der Waals surface area (Å²) in [7, 11) is 5.62. The smallest absolute Gasteiger partial charge is 0.271 e. The second kappa shape index (κ2) is 9.00. The number of para-hydroxylation sites is 2. The number of hydrogen-bond donors (Lipinski definition) is 0. The zero-order valence-electron chi connectivity index (χ0n) is 17.9. The van der Waals surface area contributed by atoms with E-state index in [2.05, 4.69) is 0 Å². The number of benzene rings is 3. The van der Waals surface area contributed by atoms with Gasteiger partial charge >= 0.3 is 0 Å². The Hall–Kier alpha value is -3.67. The third-order valence-electron chi connectivity index (χ3n) is 5.23. The van der Waals surface area contributed by atoms with Crippen LogP contribution in [0.25, 0.3) is 0 Å². The maximum atomic E-state index is 13.5. The fraction of sp³-hybridized carbons (Fsp3) is 0.240. The molecule has 0 radical (unpaired) electrons. The number of fused-ring (bicyclic) bond motifs is 1. The third kappa shape index (κ3) is 4.58. The van der Waals surface area contributed by atoms with Crippen molar-refractivity contribution in [2.45, 2.75) is 12.6 Å². The van der Waals surface area contributed by atoms with Crippen molar-refractivity contribution in [3.63, 3.8) is 0 Å². The molecule has 0 unspecified atom stereocenters. The van der Waals surface area contributed by atoms with Gasteiger partial charge in [0.2, 0.25) is 6.10 Å². The lowest BCUT2D eigenvalue weighted by atomic mass is 10.1. The second-order valence-electron chi connectivity index (χ2n) is 7.55. The van der Waals surface area contributed by atoms with Crippen LogP contribution in [0.4, 0.5) is 11.4 Å². The number of ether oxygens (including phenoxy) is 3. The van der Waals surface area contributed by atoms with Gasteiger partial charge in [-0.25, -0.2) is 0 Å². The van der Waals surface area contributed by atoms with E-state index in [1.165, 1.54) is 0 Å². The van der Waals surface area contributed by atoms with Crippen LogP contribution in [-0.2, 0) is 11.3 Å². The maximum Gasteiger partial charge on any atom is 0.271 e. The molecule has 0 bridgehead atoms. The van der Waals surface area contributed by atoms with E-state index in [9.17, 15) is 4.79 Å². The Bertz CT molecular complexity index is 1030. The summed E-state index contributed by atoms with van der Waals surface area (Å²) in [6.45, 7) is 0.586. The van der Waals surface area contributed by atoms with Crippen LogP contribution >= 0.6 is 0 Å². The largest absolute Gasteiger partial charge is 0.497 e. The molecule has 3 aromatic rings. The third-order valence-corrected chi connectivity index (χ3v) is 5.23. The first-order chi connectivity index (χ1) is 15.0. The number of rotatable bonds is 6. The maximum absolute atomic E-state index is 13.5. The van der Waals surface area contributed by atoms with E-state index in [1.807, 2.05) is 91.8 Å². The van der Waals surface area contributed by atoms with Crippen molar-refractivity contribution in [3.8, 4) is 17.2 Å². The van der Waals surface area contributed by atoms with Gasteiger partial charge in [-0.3, -0.25) is 4.79 Å². The topological polar surface area (TPSA) is 51.2 Å². The highest BCUT2D eigenvalue weighted by Gasteiger charge is 2.32. The molecule has 1 heterocycles. The van der Waals surface area contributed by atoms with Gasteiger partial charge in [0.15, 0.2) is 11.5 Å². The van der Waals surface area contributed by atoms with Gasteiger partial charge in [-0.2, -0.15) is 0 Å². The van der Waals surface area contributed by atoms with Crippen LogP contribution in [0, 0.1) is 0 Å². The van der Waals surface area contributed by atoms with Crippen molar-refractivity contribution in [3.05, 3.63) is 78.4 Å². The summed E-state index contributed by atoms with van der Waals surface area (Å²) in [6, 6.07) is 23.0. The van der Waals surface area contributed by atoms with Gasteiger partial charge < -0.3 is 24.0 Å². The minimum absolute atomic E-state index is 0.156. The predicted molar refractivity (Wildman–Crippen MR) is 121 cm³/mol. The van der Waals surface area contributed by atoms with Crippen LogP contribution in [0.2, 0.25) is 0 Å². The van der Waals surface area contributed by atoms with E-state index in [0.29, 0.717) is 18.0 Å². The van der Waals surface area contributed by atoms with Gasteiger partial charge in [-0.1, -0.05) is 24.3 Å². The van der Waals surface area contributed by atoms with Crippen molar-refractivity contribution in [1.29, 1.82) is 0 Å². The molecule has 0 saturated carbocycles. The molecular weight excluding hydrogens is 392 g/mol.